The molecular weight excluding hydrogens is 304 g/mol. The number of hydrogen-bond donors (Lipinski definition) is 0. The Kier molecular flexibility index (Phi) is 5.74. The molecule has 2 aliphatic heterocycles. The Morgan fingerprint density at radius 1 is 1.29 bits per heavy atom. The first kappa shape index (κ1) is 17.2. The van der Waals surface area contributed by atoms with E-state index in [2.05, 4.69) is 17.9 Å². The molecule has 0 spiro atoms. The zero-order valence-corrected chi connectivity index (χ0v) is 14.7. The quantitative estimate of drug-likeness (QED) is 0.800. The third-order valence-electron chi connectivity index (χ3n) is 5.04. The normalized spacial score (nSPS) is 24.5. The molecule has 2 atom stereocenters. The van der Waals surface area contributed by atoms with Crippen molar-refractivity contribution in [2.75, 3.05) is 39.9 Å². The molecule has 5 heteroatoms. The van der Waals surface area contributed by atoms with E-state index in [1.165, 1.54) is 5.56 Å². The molecule has 0 aliphatic carbocycles. The summed E-state index contributed by atoms with van der Waals surface area (Å²) >= 11 is 0. The number of benzene rings is 1. The van der Waals surface area contributed by atoms with E-state index in [0.717, 1.165) is 51.2 Å². The Morgan fingerprint density at radius 3 is 2.79 bits per heavy atom. The van der Waals surface area contributed by atoms with Gasteiger partial charge in [-0.1, -0.05) is 12.1 Å². The summed E-state index contributed by atoms with van der Waals surface area (Å²) in [6.07, 6.45) is 3.18. The third kappa shape index (κ3) is 4.08. The van der Waals surface area contributed by atoms with Crippen LogP contribution in [0.2, 0.25) is 0 Å². The number of ether oxygens (including phenoxy) is 2. The van der Waals surface area contributed by atoms with E-state index in [-0.39, 0.29) is 18.1 Å². The van der Waals surface area contributed by atoms with Crippen LogP contribution >= 0.6 is 0 Å². The van der Waals surface area contributed by atoms with Crippen LogP contribution in [0, 0.1) is 6.92 Å². The molecular formula is C19H28N2O3. The highest BCUT2D eigenvalue weighted by Crippen LogP contribution is 2.23. The molecule has 2 saturated heterocycles. The van der Waals surface area contributed by atoms with Crippen molar-refractivity contribution in [1.29, 1.82) is 0 Å². The fourth-order valence-electron chi connectivity index (χ4n) is 3.67. The lowest BCUT2D eigenvalue weighted by Crippen LogP contribution is -2.45. The SMILES string of the molecule is CO[C@H]1C[C@@H](C(=O)N2CCCC2)N(CCOc2cccc(C)c2)C1. The Labute approximate surface area is 144 Å². The van der Waals surface area contributed by atoms with Crippen molar-refractivity contribution in [2.45, 2.75) is 38.3 Å². The van der Waals surface area contributed by atoms with Crippen LogP contribution in [0.1, 0.15) is 24.8 Å². The van der Waals surface area contributed by atoms with Gasteiger partial charge in [0.05, 0.1) is 12.1 Å². The summed E-state index contributed by atoms with van der Waals surface area (Å²) in [5.41, 5.74) is 1.19. The number of likely N-dealkylation sites (tertiary alicyclic amines) is 2. The van der Waals surface area contributed by atoms with Gasteiger partial charge in [-0.3, -0.25) is 9.69 Å². The molecule has 0 radical (unpaired) electrons. The average Bonchev–Trinajstić information content (AvgIpc) is 3.24. The second-order valence-electron chi connectivity index (χ2n) is 6.80. The van der Waals surface area contributed by atoms with Gasteiger partial charge in [-0.25, -0.2) is 0 Å². The minimum Gasteiger partial charge on any atom is -0.492 e. The third-order valence-corrected chi connectivity index (χ3v) is 5.04. The van der Waals surface area contributed by atoms with Crippen molar-refractivity contribution in [3.8, 4) is 5.75 Å². The van der Waals surface area contributed by atoms with Crippen molar-refractivity contribution in [3.05, 3.63) is 29.8 Å². The van der Waals surface area contributed by atoms with E-state index in [9.17, 15) is 4.79 Å². The van der Waals surface area contributed by atoms with E-state index < -0.39 is 0 Å². The molecule has 5 nitrogen and oxygen atoms in total. The van der Waals surface area contributed by atoms with Gasteiger partial charge in [0.1, 0.15) is 12.4 Å². The molecule has 1 amide bonds. The number of nitrogens with zero attached hydrogens (tertiary/aromatic N) is 2. The van der Waals surface area contributed by atoms with Crippen LogP contribution in [-0.2, 0) is 9.53 Å². The van der Waals surface area contributed by atoms with Gasteiger partial charge in [0.2, 0.25) is 5.91 Å². The van der Waals surface area contributed by atoms with Crippen LogP contribution in [0.5, 0.6) is 5.75 Å². The average molecular weight is 332 g/mol. The first-order chi connectivity index (χ1) is 11.7. The maximum absolute atomic E-state index is 12.8. The molecule has 132 valence electrons. The van der Waals surface area contributed by atoms with Gasteiger partial charge in [-0.05, 0) is 43.9 Å². The van der Waals surface area contributed by atoms with Gasteiger partial charge < -0.3 is 14.4 Å². The van der Waals surface area contributed by atoms with Crippen molar-refractivity contribution in [1.82, 2.24) is 9.80 Å². The van der Waals surface area contributed by atoms with E-state index >= 15 is 0 Å². The number of aryl methyl sites for hydroxylation is 1. The Balaban J connectivity index is 1.56. The summed E-state index contributed by atoms with van der Waals surface area (Å²) < 4.78 is 11.4. The number of carbonyl (C=O) groups is 1. The van der Waals surface area contributed by atoms with Crippen molar-refractivity contribution in [2.24, 2.45) is 0 Å². The second-order valence-corrected chi connectivity index (χ2v) is 6.80. The summed E-state index contributed by atoms with van der Waals surface area (Å²) in [7, 11) is 1.73. The van der Waals surface area contributed by atoms with Crippen LogP contribution in [0.4, 0.5) is 0 Å². The Hall–Kier alpha value is -1.59. The van der Waals surface area contributed by atoms with Crippen molar-refractivity contribution in [3.63, 3.8) is 0 Å². The highest BCUT2D eigenvalue weighted by molar-refractivity contribution is 5.82. The van der Waals surface area contributed by atoms with E-state index in [1.807, 2.05) is 23.1 Å². The molecule has 3 rings (SSSR count). The summed E-state index contributed by atoms with van der Waals surface area (Å²) in [6.45, 7) is 6.00. The molecule has 0 N–H and O–H groups in total. The number of amides is 1. The Morgan fingerprint density at radius 2 is 2.08 bits per heavy atom. The topological polar surface area (TPSA) is 42.0 Å². The summed E-state index contributed by atoms with van der Waals surface area (Å²) in [6, 6.07) is 8.01. The molecule has 24 heavy (non-hydrogen) atoms. The largest absolute Gasteiger partial charge is 0.492 e. The maximum Gasteiger partial charge on any atom is 0.240 e. The standard InChI is InChI=1S/C19H28N2O3/c1-15-6-5-7-16(12-15)24-11-10-21-14-17(23-2)13-18(21)19(22)20-8-3-4-9-20/h5-7,12,17-18H,3-4,8-11,13-14H2,1-2H3/t17-,18-/m0/s1. The minimum absolute atomic E-state index is 0.0610. The number of hydrogen-bond acceptors (Lipinski definition) is 4. The van der Waals surface area contributed by atoms with E-state index in [1.54, 1.807) is 7.11 Å². The lowest BCUT2D eigenvalue weighted by molar-refractivity contribution is -0.135. The lowest BCUT2D eigenvalue weighted by Gasteiger charge is -2.27. The lowest BCUT2D eigenvalue weighted by atomic mass is 10.1. The van der Waals surface area contributed by atoms with Crippen LogP contribution in [0.25, 0.3) is 0 Å². The van der Waals surface area contributed by atoms with Crippen molar-refractivity contribution >= 4 is 5.91 Å². The van der Waals surface area contributed by atoms with Gasteiger partial charge in [0.25, 0.3) is 0 Å². The molecule has 2 fully saturated rings. The smallest absolute Gasteiger partial charge is 0.240 e. The summed E-state index contributed by atoms with van der Waals surface area (Å²) in [4.78, 5) is 17.0. The van der Waals surface area contributed by atoms with Crippen molar-refractivity contribution < 1.29 is 14.3 Å². The van der Waals surface area contributed by atoms with Gasteiger partial charge in [0, 0.05) is 33.3 Å². The fourth-order valence-corrected chi connectivity index (χ4v) is 3.67. The number of rotatable bonds is 6. The highest BCUT2D eigenvalue weighted by Gasteiger charge is 2.39. The van der Waals surface area contributed by atoms with Crippen LogP contribution in [0.3, 0.4) is 0 Å². The molecule has 0 bridgehead atoms. The predicted octanol–water partition coefficient (Wildman–Crippen LogP) is 2.09. The molecule has 1 aromatic carbocycles. The van der Waals surface area contributed by atoms with Gasteiger partial charge in [0.15, 0.2) is 0 Å². The molecule has 0 unspecified atom stereocenters. The molecule has 2 aliphatic rings. The van der Waals surface area contributed by atoms with Crippen LogP contribution < -0.4 is 4.74 Å². The van der Waals surface area contributed by atoms with Gasteiger partial charge in [-0.15, -0.1) is 0 Å². The molecule has 0 saturated carbocycles. The maximum atomic E-state index is 12.8. The fraction of sp³-hybridized carbons (Fsp3) is 0.632. The summed E-state index contributed by atoms with van der Waals surface area (Å²) in [5, 5.41) is 0. The zero-order valence-electron chi connectivity index (χ0n) is 14.7. The zero-order chi connectivity index (χ0) is 16.9. The van der Waals surface area contributed by atoms with Gasteiger partial charge in [-0.2, -0.15) is 0 Å². The van der Waals surface area contributed by atoms with Crippen LogP contribution in [0.15, 0.2) is 24.3 Å². The number of methoxy groups -OCH3 is 1. The minimum atomic E-state index is -0.0610. The summed E-state index contributed by atoms with van der Waals surface area (Å²) in [5.74, 6) is 1.16. The first-order valence-corrected chi connectivity index (χ1v) is 8.92. The second kappa shape index (κ2) is 7.99. The van der Waals surface area contributed by atoms with E-state index in [4.69, 9.17) is 9.47 Å². The Bertz CT molecular complexity index is 557. The monoisotopic (exact) mass is 332 g/mol. The predicted molar refractivity (Wildman–Crippen MR) is 93.3 cm³/mol. The van der Waals surface area contributed by atoms with E-state index in [0.29, 0.717) is 6.61 Å². The van der Waals surface area contributed by atoms with Crippen LogP contribution in [-0.4, -0.2) is 67.7 Å². The molecule has 2 heterocycles. The van der Waals surface area contributed by atoms with Gasteiger partial charge >= 0.3 is 0 Å². The number of carbonyl (C=O) groups excluding carboxylic acids is 1. The first-order valence-electron chi connectivity index (χ1n) is 8.92. The molecule has 1 aromatic rings. The highest BCUT2D eigenvalue weighted by atomic mass is 16.5. The molecule has 0 aromatic heterocycles.